The van der Waals surface area contributed by atoms with Crippen LogP contribution in [0.4, 0.5) is 5.69 Å². The molecule has 3 aliphatic rings. The Morgan fingerprint density at radius 1 is 1.32 bits per heavy atom. The van der Waals surface area contributed by atoms with E-state index in [1.54, 1.807) is 28.8 Å². The van der Waals surface area contributed by atoms with Crippen molar-refractivity contribution in [1.82, 2.24) is 9.21 Å². The van der Waals surface area contributed by atoms with E-state index in [9.17, 15) is 18.0 Å². The average molecular weight is 426 g/mol. The minimum atomic E-state index is -3.64. The maximum absolute atomic E-state index is 12.8. The van der Waals surface area contributed by atoms with Gasteiger partial charge in [-0.15, -0.1) is 11.8 Å². The molecule has 4 rings (SSSR count). The van der Waals surface area contributed by atoms with Gasteiger partial charge in [-0.25, -0.2) is 8.42 Å². The van der Waals surface area contributed by atoms with Gasteiger partial charge >= 0.3 is 0 Å². The van der Waals surface area contributed by atoms with Crippen molar-refractivity contribution >= 4 is 39.3 Å². The second-order valence-electron chi connectivity index (χ2n) is 7.30. The average Bonchev–Trinajstić information content (AvgIpc) is 3.18. The molecule has 3 aliphatic heterocycles. The molecule has 3 fully saturated rings. The first-order chi connectivity index (χ1) is 13.3. The monoisotopic (exact) mass is 425 g/mol. The fourth-order valence-electron chi connectivity index (χ4n) is 3.91. The van der Waals surface area contributed by atoms with Crippen LogP contribution in [0.1, 0.15) is 19.8 Å². The zero-order chi connectivity index (χ0) is 19.9. The predicted octanol–water partition coefficient (Wildman–Crippen LogP) is 1.10. The summed E-state index contributed by atoms with van der Waals surface area (Å²) in [5, 5.41) is 2.80. The predicted molar refractivity (Wildman–Crippen MR) is 105 cm³/mol. The molecule has 28 heavy (non-hydrogen) atoms. The molecule has 10 heteroatoms. The molecule has 0 saturated carbocycles. The highest BCUT2D eigenvalue weighted by molar-refractivity contribution is 8.01. The highest BCUT2D eigenvalue weighted by Gasteiger charge is 2.52. The number of morpholine rings is 1. The van der Waals surface area contributed by atoms with Gasteiger partial charge < -0.3 is 15.0 Å². The smallest absolute Gasteiger partial charge is 0.248 e. The summed E-state index contributed by atoms with van der Waals surface area (Å²) in [5.41, 5.74) is 0.407. The molecular formula is C18H23N3O5S2. The van der Waals surface area contributed by atoms with Crippen molar-refractivity contribution in [2.45, 2.75) is 35.6 Å². The van der Waals surface area contributed by atoms with Crippen molar-refractivity contribution < 1.29 is 22.7 Å². The SMILES string of the molecule is CC12CCC(=O)N1C(C(=O)Nc1cccc(S(=O)(=O)N3CCOCC3)c1)CS2. The standard InChI is InChI=1S/C18H23N3O5S2/c1-18-6-5-16(22)21(18)15(12-27-18)17(23)19-13-3-2-4-14(11-13)28(24,25)20-7-9-26-10-8-20/h2-4,11,15H,5-10,12H2,1H3,(H,19,23). The number of fused-ring (bicyclic) bond motifs is 1. The second kappa shape index (κ2) is 7.33. The Kier molecular flexibility index (Phi) is 5.15. The van der Waals surface area contributed by atoms with Crippen LogP contribution < -0.4 is 5.32 Å². The van der Waals surface area contributed by atoms with E-state index in [0.29, 0.717) is 44.2 Å². The molecule has 0 aromatic heterocycles. The summed E-state index contributed by atoms with van der Waals surface area (Å²) in [6.07, 6.45) is 1.20. The number of thioether (sulfide) groups is 1. The summed E-state index contributed by atoms with van der Waals surface area (Å²) in [6, 6.07) is 5.72. The van der Waals surface area contributed by atoms with Gasteiger partial charge in [0.05, 0.1) is 23.0 Å². The van der Waals surface area contributed by atoms with Crippen molar-refractivity contribution in [2.24, 2.45) is 0 Å². The van der Waals surface area contributed by atoms with Gasteiger partial charge in [-0.2, -0.15) is 4.31 Å². The van der Waals surface area contributed by atoms with Gasteiger partial charge in [-0.3, -0.25) is 9.59 Å². The second-order valence-corrected chi connectivity index (χ2v) is 10.7. The molecule has 3 saturated heterocycles. The molecule has 8 nitrogen and oxygen atoms in total. The van der Waals surface area contributed by atoms with E-state index >= 15 is 0 Å². The lowest BCUT2D eigenvalue weighted by Gasteiger charge is -2.30. The van der Waals surface area contributed by atoms with Crippen LogP contribution in [0.3, 0.4) is 0 Å². The minimum Gasteiger partial charge on any atom is -0.379 e. The molecule has 2 amide bonds. The van der Waals surface area contributed by atoms with E-state index in [0.717, 1.165) is 6.42 Å². The number of carbonyl (C=O) groups excluding carboxylic acids is 2. The fraction of sp³-hybridized carbons (Fsp3) is 0.556. The Bertz CT molecular complexity index is 900. The molecule has 0 radical (unpaired) electrons. The van der Waals surface area contributed by atoms with Crippen molar-refractivity contribution in [1.29, 1.82) is 0 Å². The van der Waals surface area contributed by atoms with Crippen LogP contribution in [-0.2, 0) is 24.3 Å². The van der Waals surface area contributed by atoms with Crippen LogP contribution in [0.2, 0.25) is 0 Å². The summed E-state index contributed by atoms with van der Waals surface area (Å²) >= 11 is 1.62. The summed E-state index contributed by atoms with van der Waals surface area (Å²) < 4.78 is 32.2. The van der Waals surface area contributed by atoms with Crippen LogP contribution in [0.15, 0.2) is 29.2 Å². The molecule has 152 valence electrons. The van der Waals surface area contributed by atoms with Gasteiger partial charge in [0.1, 0.15) is 6.04 Å². The first-order valence-corrected chi connectivity index (χ1v) is 11.7. The van der Waals surface area contributed by atoms with E-state index in [2.05, 4.69) is 5.32 Å². The molecule has 2 atom stereocenters. The summed E-state index contributed by atoms with van der Waals surface area (Å²) in [7, 11) is -3.64. The zero-order valence-electron chi connectivity index (χ0n) is 15.6. The number of rotatable bonds is 4. The van der Waals surface area contributed by atoms with E-state index < -0.39 is 16.1 Å². The largest absolute Gasteiger partial charge is 0.379 e. The molecule has 0 aliphatic carbocycles. The lowest BCUT2D eigenvalue weighted by Crippen LogP contribution is -2.48. The molecule has 0 bridgehead atoms. The molecule has 1 aromatic rings. The number of sulfonamides is 1. The number of ether oxygens (including phenoxy) is 1. The van der Waals surface area contributed by atoms with E-state index in [1.807, 2.05) is 6.92 Å². The third-order valence-electron chi connectivity index (χ3n) is 5.46. The highest BCUT2D eigenvalue weighted by Crippen LogP contribution is 2.47. The summed E-state index contributed by atoms with van der Waals surface area (Å²) in [4.78, 5) is 26.5. The number of amides is 2. The van der Waals surface area contributed by atoms with Crippen LogP contribution >= 0.6 is 11.8 Å². The van der Waals surface area contributed by atoms with Crippen molar-refractivity contribution in [3.63, 3.8) is 0 Å². The lowest BCUT2D eigenvalue weighted by molar-refractivity contribution is -0.135. The number of carbonyl (C=O) groups is 2. The highest BCUT2D eigenvalue weighted by atomic mass is 32.2. The number of benzene rings is 1. The maximum Gasteiger partial charge on any atom is 0.248 e. The normalized spacial score (nSPS) is 28.4. The number of hydrogen-bond acceptors (Lipinski definition) is 6. The third kappa shape index (κ3) is 3.42. The molecule has 3 heterocycles. The van der Waals surface area contributed by atoms with Crippen LogP contribution in [0.5, 0.6) is 0 Å². The van der Waals surface area contributed by atoms with Crippen molar-refractivity contribution in [2.75, 3.05) is 37.4 Å². The first kappa shape index (κ1) is 19.7. The van der Waals surface area contributed by atoms with E-state index in [1.165, 1.54) is 16.4 Å². The molecular weight excluding hydrogens is 402 g/mol. The Labute approximate surface area is 168 Å². The van der Waals surface area contributed by atoms with Crippen LogP contribution in [-0.4, -0.2) is 72.4 Å². The van der Waals surface area contributed by atoms with Gasteiger partial charge in [0.15, 0.2) is 0 Å². The Morgan fingerprint density at radius 2 is 2.07 bits per heavy atom. The first-order valence-electron chi connectivity index (χ1n) is 9.26. The number of hydrogen-bond donors (Lipinski definition) is 1. The Hall–Kier alpha value is -1.62. The fourth-order valence-corrected chi connectivity index (χ4v) is 6.80. The van der Waals surface area contributed by atoms with E-state index in [4.69, 9.17) is 4.74 Å². The van der Waals surface area contributed by atoms with Gasteiger partial charge in [-0.05, 0) is 31.5 Å². The van der Waals surface area contributed by atoms with Gasteiger partial charge in [0.25, 0.3) is 0 Å². The quantitative estimate of drug-likeness (QED) is 0.776. The van der Waals surface area contributed by atoms with Gasteiger partial charge in [0, 0.05) is 31.0 Å². The third-order valence-corrected chi connectivity index (χ3v) is 8.86. The molecule has 1 N–H and O–H groups in total. The van der Waals surface area contributed by atoms with Crippen molar-refractivity contribution in [3.8, 4) is 0 Å². The van der Waals surface area contributed by atoms with Crippen LogP contribution in [0.25, 0.3) is 0 Å². The number of nitrogens with zero attached hydrogens (tertiary/aromatic N) is 2. The topological polar surface area (TPSA) is 96.0 Å². The molecule has 0 spiro atoms. The zero-order valence-corrected chi connectivity index (χ0v) is 17.2. The minimum absolute atomic E-state index is 0.00343. The number of anilines is 1. The Balaban J connectivity index is 1.51. The lowest BCUT2D eigenvalue weighted by atomic mass is 10.2. The van der Waals surface area contributed by atoms with Crippen molar-refractivity contribution in [3.05, 3.63) is 24.3 Å². The summed E-state index contributed by atoms with van der Waals surface area (Å²) in [6.45, 7) is 3.36. The van der Waals surface area contributed by atoms with Crippen LogP contribution in [0, 0.1) is 0 Å². The molecule has 1 aromatic carbocycles. The van der Waals surface area contributed by atoms with E-state index in [-0.39, 0.29) is 21.6 Å². The molecule has 2 unspecified atom stereocenters. The summed E-state index contributed by atoms with van der Waals surface area (Å²) in [5.74, 6) is 0.253. The van der Waals surface area contributed by atoms with Gasteiger partial charge in [-0.1, -0.05) is 6.07 Å². The van der Waals surface area contributed by atoms with Gasteiger partial charge in [0.2, 0.25) is 21.8 Å². The Morgan fingerprint density at radius 3 is 2.82 bits per heavy atom. The number of nitrogens with one attached hydrogen (secondary N) is 1. The maximum atomic E-state index is 12.8.